The van der Waals surface area contributed by atoms with Gasteiger partial charge >= 0.3 is 0 Å². The lowest BCUT2D eigenvalue weighted by Crippen LogP contribution is -1.87. The van der Waals surface area contributed by atoms with Crippen LogP contribution < -0.4 is 0 Å². The molecule has 0 aliphatic rings. The summed E-state index contributed by atoms with van der Waals surface area (Å²) >= 11 is 0. The second-order valence-electron chi connectivity index (χ2n) is 1.93. The summed E-state index contributed by atoms with van der Waals surface area (Å²) in [6, 6.07) is 3.60. The molecule has 1 heterocycles. The van der Waals surface area contributed by atoms with Crippen LogP contribution in [-0.2, 0) is 6.42 Å². The van der Waals surface area contributed by atoms with Gasteiger partial charge in [-0.3, -0.25) is 0 Å². The molecule has 0 aliphatic heterocycles. The number of rotatable bonds is 3. The lowest BCUT2D eigenvalue weighted by Gasteiger charge is -1.97. The first-order valence-electron chi connectivity index (χ1n) is 2.96. The van der Waals surface area contributed by atoms with E-state index in [-0.39, 0.29) is 0 Å². The third kappa shape index (κ3) is 2.48. The summed E-state index contributed by atoms with van der Waals surface area (Å²) in [5, 5.41) is 0. The van der Waals surface area contributed by atoms with Crippen molar-refractivity contribution in [2.75, 3.05) is 6.16 Å². The molecule has 4 heteroatoms. The van der Waals surface area contributed by atoms with E-state index >= 15 is 0 Å². The highest BCUT2D eigenvalue weighted by molar-refractivity contribution is 7.45. The van der Waals surface area contributed by atoms with Gasteiger partial charge in [-0.2, -0.15) is 0 Å². The fourth-order valence-electron chi connectivity index (χ4n) is 0.665. The first kappa shape index (κ1) is 7.73. The van der Waals surface area contributed by atoms with Crippen molar-refractivity contribution < 1.29 is 14.2 Å². The van der Waals surface area contributed by atoms with Gasteiger partial charge in [0.15, 0.2) is 8.38 Å². The summed E-state index contributed by atoms with van der Waals surface area (Å²) in [6.45, 7) is 0. The van der Waals surface area contributed by atoms with Crippen molar-refractivity contribution in [2.45, 2.75) is 6.42 Å². The standard InChI is InChI=1S/C6H9O3P/c7-10(8)5-3-6-2-1-4-9-6/h1-2,4,7-8H,3,5H2. The minimum Gasteiger partial charge on any atom is -0.469 e. The van der Waals surface area contributed by atoms with E-state index in [1.165, 1.54) is 0 Å². The molecule has 10 heavy (non-hydrogen) atoms. The van der Waals surface area contributed by atoms with E-state index in [4.69, 9.17) is 14.2 Å². The Balaban J connectivity index is 2.28. The Bertz CT molecular complexity index is 171. The predicted molar refractivity (Wildman–Crippen MR) is 38.6 cm³/mol. The topological polar surface area (TPSA) is 53.6 Å². The average Bonchev–Trinajstić information content (AvgIpc) is 2.34. The van der Waals surface area contributed by atoms with E-state index in [1.807, 2.05) is 6.07 Å². The van der Waals surface area contributed by atoms with Crippen molar-refractivity contribution in [2.24, 2.45) is 0 Å². The van der Waals surface area contributed by atoms with E-state index in [2.05, 4.69) is 0 Å². The molecule has 1 aromatic rings. The van der Waals surface area contributed by atoms with Crippen LogP contribution in [0.15, 0.2) is 22.8 Å². The van der Waals surface area contributed by atoms with Crippen LogP contribution in [-0.4, -0.2) is 15.9 Å². The maximum Gasteiger partial charge on any atom is 0.165 e. The predicted octanol–water partition coefficient (Wildman–Crippen LogP) is 1.12. The highest BCUT2D eigenvalue weighted by atomic mass is 31.2. The van der Waals surface area contributed by atoms with Crippen LogP contribution in [0.4, 0.5) is 0 Å². The molecule has 56 valence electrons. The molecule has 3 nitrogen and oxygen atoms in total. The summed E-state index contributed by atoms with van der Waals surface area (Å²) in [7, 11) is -1.77. The monoisotopic (exact) mass is 160 g/mol. The molecule has 1 rings (SSSR count). The van der Waals surface area contributed by atoms with E-state index in [0.29, 0.717) is 12.6 Å². The van der Waals surface area contributed by atoms with Gasteiger partial charge in [0.2, 0.25) is 0 Å². The summed E-state index contributed by atoms with van der Waals surface area (Å²) in [6.07, 6.45) is 2.57. The van der Waals surface area contributed by atoms with Crippen LogP contribution >= 0.6 is 8.38 Å². The van der Waals surface area contributed by atoms with Crippen LogP contribution in [0, 0.1) is 0 Å². The number of furan rings is 1. The maximum absolute atomic E-state index is 8.53. The van der Waals surface area contributed by atoms with Gasteiger partial charge in [0.1, 0.15) is 5.76 Å². The molecular weight excluding hydrogens is 151 g/mol. The van der Waals surface area contributed by atoms with Gasteiger partial charge in [0.25, 0.3) is 0 Å². The zero-order chi connectivity index (χ0) is 7.40. The quantitative estimate of drug-likeness (QED) is 0.651. The molecule has 0 aliphatic carbocycles. The van der Waals surface area contributed by atoms with E-state index in [9.17, 15) is 0 Å². The largest absolute Gasteiger partial charge is 0.469 e. The molecule has 0 unspecified atom stereocenters. The Hall–Kier alpha value is -0.370. The van der Waals surface area contributed by atoms with Gasteiger partial charge in [0, 0.05) is 12.6 Å². The smallest absolute Gasteiger partial charge is 0.165 e. The Labute approximate surface area is 60.2 Å². The lowest BCUT2D eigenvalue weighted by molar-refractivity contribution is 0.472. The van der Waals surface area contributed by atoms with Crippen molar-refractivity contribution in [1.29, 1.82) is 0 Å². The molecule has 0 amide bonds. The molecule has 0 bridgehead atoms. The second-order valence-corrected chi connectivity index (χ2v) is 3.12. The van der Waals surface area contributed by atoms with Crippen LogP contribution in [0.5, 0.6) is 0 Å². The summed E-state index contributed by atoms with van der Waals surface area (Å²) in [4.78, 5) is 17.1. The fourth-order valence-corrected chi connectivity index (χ4v) is 1.09. The van der Waals surface area contributed by atoms with Crippen molar-refractivity contribution >= 4 is 8.38 Å². The minimum absolute atomic E-state index is 0.392. The molecule has 0 spiro atoms. The van der Waals surface area contributed by atoms with E-state index < -0.39 is 8.38 Å². The highest BCUT2D eigenvalue weighted by Gasteiger charge is 2.00. The van der Waals surface area contributed by atoms with Crippen LogP contribution in [0.1, 0.15) is 5.76 Å². The van der Waals surface area contributed by atoms with Crippen molar-refractivity contribution in [3.05, 3.63) is 24.2 Å². The van der Waals surface area contributed by atoms with Gasteiger partial charge in [0.05, 0.1) is 6.26 Å². The van der Waals surface area contributed by atoms with Gasteiger partial charge in [-0.05, 0) is 12.1 Å². The number of hydrogen-bond donors (Lipinski definition) is 2. The Kier molecular flexibility index (Phi) is 2.87. The van der Waals surface area contributed by atoms with Crippen LogP contribution in [0.3, 0.4) is 0 Å². The molecule has 0 fully saturated rings. The molecule has 0 saturated carbocycles. The molecule has 0 radical (unpaired) electrons. The van der Waals surface area contributed by atoms with Crippen molar-refractivity contribution in [3.63, 3.8) is 0 Å². The number of hydrogen-bond acceptors (Lipinski definition) is 3. The number of aryl methyl sites for hydroxylation is 1. The molecular formula is C6H9O3P. The molecule has 2 N–H and O–H groups in total. The van der Waals surface area contributed by atoms with Crippen LogP contribution in [0.2, 0.25) is 0 Å². The first-order valence-corrected chi connectivity index (χ1v) is 4.40. The fraction of sp³-hybridized carbons (Fsp3) is 0.333. The normalized spacial score (nSPS) is 10.7. The van der Waals surface area contributed by atoms with Gasteiger partial charge in [-0.25, -0.2) is 0 Å². The third-order valence-electron chi connectivity index (χ3n) is 1.14. The first-order chi connectivity index (χ1) is 4.79. The Morgan fingerprint density at radius 2 is 2.30 bits per heavy atom. The minimum atomic E-state index is -1.77. The molecule has 0 aromatic carbocycles. The Morgan fingerprint density at radius 3 is 2.80 bits per heavy atom. The highest BCUT2D eigenvalue weighted by Crippen LogP contribution is 2.23. The SMILES string of the molecule is OP(O)CCc1ccco1. The summed E-state index contributed by atoms with van der Waals surface area (Å²) < 4.78 is 4.97. The van der Waals surface area contributed by atoms with Crippen molar-refractivity contribution in [3.8, 4) is 0 Å². The second kappa shape index (κ2) is 3.71. The summed E-state index contributed by atoms with van der Waals surface area (Å²) in [5.41, 5.74) is 0. The Morgan fingerprint density at radius 1 is 1.50 bits per heavy atom. The molecule has 0 saturated heterocycles. The molecule has 0 atom stereocenters. The zero-order valence-corrected chi connectivity index (χ0v) is 6.29. The third-order valence-corrected chi connectivity index (χ3v) is 1.76. The lowest BCUT2D eigenvalue weighted by atomic mass is 10.4. The van der Waals surface area contributed by atoms with Gasteiger partial charge in [-0.15, -0.1) is 0 Å². The van der Waals surface area contributed by atoms with Crippen molar-refractivity contribution in [1.82, 2.24) is 0 Å². The molecule has 1 aromatic heterocycles. The summed E-state index contributed by atoms with van der Waals surface area (Å²) in [5.74, 6) is 0.801. The van der Waals surface area contributed by atoms with Gasteiger partial charge < -0.3 is 14.2 Å². The maximum atomic E-state index is 8.53. The zero-order valence-electron chi connectivity index (χ0n) is 5.40. The van der Waals surface area contributed by atoms with E-state index in [0.717, 1.165) is 5.76 Å². The average molecular weight is 160 g/mol. The van der Waals surface area contributed by atoms with E-state index in [1.54, 1.807) is 12.3 Å². The van der Waals surface area contributed by atoms with Crippen LogP contribution in [0.25, 0.3) is 0 Å². The van der Waals surface area contributed by atoms with Gasteiger partial charge in [-0.1, -0.05) is 0 Å².